The summed E-state index contributed by atoms with van der Waals surface area (Å²) in [4.78, 5) is 15.0. The van der Waals surface area contributed by atoms with Crippen LogP contribution in [0.5, 0.6) is 0 Å². The van der Waals surface area contributed by atoms with Crippen LogP contribution in [0.2, 0.25) is 0 Å². The molecule has 1 atom stereocenters. The van der Waals surface area contributed by atoms with Crippen LogP contribution in [0.1, 0.15) is 37.7 Å². The summed E-state index contributed by atoms with van der Waals surface area (Å²) in [6.07, 6.45) is 2.13. The smallest absolute Gasteiger partial charge is 0.236 e. The summed E-state index contributed by atoms with van der Waals surface area (Å²) < 4.78 is 41.8. The summed E-state index contributed by atoms with van der Waals surface area (Å²) in [7, 11) is 0. The first-order valence-corrected chi connectivity index (χ1v) is 10.2. The summed E-state index contributed by atoms with van der Waals surface area (Å²) in [5.74, 6) is -1.46. The van der Waals surface area contributed by atoms with Gasteiger partial charge in [-0.3, -0.25) is 4.79 Å². The molecule has 1 fully saturated rings. The lowest BCUT2D eigenvalue weighted by atomic mass is 9.70. The summed E-state index contributed by atoms with van der Waals surface area (Å²) in [6.45, 7) is 2.38. The molecule has 0 radical (unpaired) electrons. The van der Waals surface area contributed by atoms with E-state index in [9.17, 15) is 18.0 Å². The number of amides is 1. The van der Waals surface area contributed by atoms with Crippen LogP contribution >= 0.6 is 0 Å². The topological polar surface area (TPSA) is 70.9 Å². The molecule has 158 valence electrons. The zero-order valence-corrected chi connectivity index (χ0v) is 16.6. The predicted octanol–water partition coefficient (Wildman–Crippen LogP) is 4.60. The molecule has 1 aromatic heterocycles. The number of carbonyl (C=O) groups is 1. The molecule has 1 saturated carbocycles. The van der Waals surface area contributed by atoms with Gasteiger partial charge in [-0.1, -0.05) is 6.92 Å². The van der Waals surface area contributed by atoms with Crippen molar-refractivity contribution in [2.45, 2.75) is 38.1 Å². The van der Waals surface area contributed by atoms with E-state index in [4.69, 9.17) is 5.73 Å². The number of fused-ring (bicyclic) bond motifs is 1. The van der Waals surface area contributed by atoms with Crippen LogP contribution in [-0.4, -0.2) is 23.5 Å². The van der Waals surface area contributed by atoms with E-state index >= 15 is 0 Å². The van der Waals surface area contributed by atoms with E-state index in [1.807, 2.05) is 6.92 Å². The summed E-state index contributed by atoms with van der Waals surface area (Å²) >= 11 is 0. The number of aromatic nitrogens is 1. The second-order valence-corrected chi connectivity index (χ2v) is 8.02. The monoisotopic (exact) mass is 415 g/mol. The molecule has 7 heteroatoms. The van der Waals surface area contributed by atoms with E-state index < -0.39 is 17.7 Å². The average Bonchev–Trinajstić information content (AvgIpc) is 3.06. The van der Waals surface area contributed by atoms with Gasteiger partial charge in [-0.2, -0.15) is 0 Å². The van der Waals surface area contributed by atoms with E-state index in [2.05, 4.69) is 10.3 Å². The predicted molar refractivity (Wildman–Crippen MR) is 110 cm³/mol. The van der Waals surface area contributed by atoms with Crippen LogP contribution in [0, 0.1) is 23.4 Å². The minimum Gasteiger partial charge on any atom is -0.354 e. The van der Waals surface area contributed by atoms with Crippen LogP contribution in [0.4, 0.5) is 13.2 Å². The van der Waals surface area contributed by atoms with Crippen molar-refractivity contribution in [3.63, 3.8) is 0 Å². The highest BCUT2D eigenvalue weighted by atomic mass is 19.1. The Kier molecular flexibility index (Phi) is 5.56. The SMILES string of the molecule is CC[C@H](N)C(=O)NCC1CC(c2c(-c3ccc(F)cc3)[nH]c3c(F)cc(F)cc23)C1. The average molecular weight is 415 g/mol. The largest absolute Gasteiger partial charge is 0.354 e. The van der Waals surface area contributed by atoms with Gasteiger partial charge in [-0.15, -0.1) is 0 Å². The van der Waals surface area contributed by atoms with Gasteiger partial charge in [-0.25, -0.2) is 13.2 Å². The fourth-order valence-corrected chi connectivity index (χ4v) is 4.21. The van der Waals surface area contributed by atoms with Gasteiger partial charge in [0, 0.05) is 18.0 Å². The van der Waals surface area contributed by atoms with Crippen LogP contribution < -0.4 is 11.1 Å². The number of nitrogens with two attached hydrogens (primary N) is 1. The summed E-state index contributed by atoms with van der Waals surface area (Å²) in [5.41, 5.74) is 8.21. The highest BCUT2D eigenvalue weighted by molar-refractivity contribution is 5.92. The molecule has 1 aliphatic carbocycles. The third-order valence-corrected chi connectivity index (χ3v) is 5.98. The molecule has 2 aromatic carbocycles. The van der Waals surface area contributed by atoms with Crippen molar-refractivity contribution < 1.29 is 18.0 Å². The standard InChI is InChI=1S/C23H24F3N3O/c1-2-19(27)23(30)28-11-12-7-14(8-12)20-17-9-16(25)10-18(26)22(17)29-21(20)13-3-5-15(24)6-4-13/h3-6,9-10,12,14,19,29H,2,7-8,11,27H2,1H3,(H,28,30)/t12?,14?,19-/m0/s1. The Morgan fingerprint density at radius 2 is 1.87 bits per heavy atom. The van der Waals surface area contributed by atoms with Crippen molar-refractivity contribution in [2.75, 3.05) is 6.54 Å². The Labute approximate surface area is 172 Å². The number of nitrogens with one attached hydrogen (secondary N) is 2. The van der Waals surface area contributed by atoms with Crippen molar-refractivity contribution in [3.05, 3.63) is 59.4 Å². The number of carbonyl (C=O) groups excluding carboxylic acids is 1. The molecule has 1 aliphatic rings. The maximum atomic E-state index is 14.4. The number of aromatic amines is 1. The number of rotatable bonds is 6. The summed E-state index contributed by atoms with van der Waals surface area (Å²) in [5, 5.41) is 3.38. The lowest BCUT2D eigenvalue weighted by Crippen LogP contribution is -2.43. The molecular formula is C23H24F3N3O. The first-order valence-electron chi connectivity index (χ1n) is 10.2. The Morgan fingerprint density at radius 3 is 2.53 bits per heavy atom. The molecule has 0 aliphatic heterocycles. The van der Waals surface area contributed by atoms with E-state index in [1.165, 1.54) is 18.2 Å². The maximum Gasteiger partial charge on any atom is 0.236 e. The zero-order valence-electron chi connectivity index (χ0n) is 16.6. The lowest BCUT2D eigenvalue weighted by molar-refractivity contribution is -0.122. The van der Waals surface area contributed by atoms with E-state index in [1.54, 1.807) is 12.1 Å². The molecule has 0 saturated heterocycles. The number of benzene rings is 2. The normalized spacial score (nSPS) is 19.5. The second kappa shape index (κ2) is 8.14. The maximum absolute atomic E-state index is 14.4. The molecule has 4 nitrogen and oxygen atoms in total. The van der Waals surface area contributed by atoms with Crippen molar-refractivity contribution >= 4 is 16.8 Å². The zero-order chi connectivity index (χ0) is 21.4. The van der Waals surface area contributed by atoms with Gasteiger partial charge in [-0.05, 0) is 72.6 Å². The molecule has 0 spiro atoms. The van der Waals surface area contributed by atoms with E-state index in [0.717, 1.165) is 24.5 Å². The molecule has 0 unspecified atom stereocenters. The molecule has 1 amide bonds. The minimum atomic E-state index is -0.656. The van der Waals surface area contributed by atoms with Gasteiger partial charge in [0.1, 0.15) is 17.5 Å². The van der Waals surface area contributed by atoms with Crippen molar-refractivity contribution in [1.82, 2.24) is 10.3 Å². The van der Waals surface area contributed by atoms with Gasteiger partial charge < -0.3 is 16.0 Å². The fourth-order valence-electron chi connectivity index (χ4n) is 4.21. The van der Waals surface area contributed by atoms with E-state index in [0.29, 0.717) is 29.6 Å². The number of halogens is 3. The van der Waals surface area contributed by atoms with Gasteiger partial charge in [0.05, 0.1) is 17.3 Å². The Morgan fingerprint density at radius 1 is 1.17 bits per heavy atom. The molecule has 30 heavy (non-hydrogen) atoms. The van der Waals surface area contributed by atoms with Crippen molar-refractivity contribution in [3.8, 4) is 11.3 Å². The first kappa shape index (κ1) is 20.5. The molecule has 1 heterocycles. The number of hydrogen-bond donors (Lipinski definition) is 3. The number of H-pyrrole nitrogens is 1. The van der Waals surface area contributed by atoms with Crippen LogP contribution in [0.3, 0.4) is 0 Å². The van der Waals surface area contributed by atoms with E-state index in [-0.39, 0.29) is 29.1 Å². The van der Waals surface area contributed by atoms with Gasteiger partial charge in [0.25, 0.3) is 0 Å². The van der Waals surface area contributed by atoms with Crippen LogP contribution in [0.15, 0.2) is 36.4 Å². The van der Waals surface area contributed by atoms with Crippen LogP contribution in [0.25, 0.3) is 22.2 Å². The van der Waals surface area contributed by atoms with Crippen LogP contribution in [-0.2, 0) is 4.79 Å². The highest BCUT2D eigenvalue weighted by Crippen LogP contribution is 2.48. The fraction of sp³-hybridized carbons (Fsp3) is 0.348. The Balaban J connectivity index is 1.61. The third kappa shape index (κ3) is 3.81. The Hall–Kier alpha value is -2.80. The molecule has 0 bridgehead atoms. The third-order valence-electron chi connectivity index (χ3n) is 5.98. The van der Waals surface area contributed by atoms with Crippen molar-refractivity contribution in [1.29, 1.82) is 0 Å². The quantitative estimate of drug-likeness (QED) is 0.551. The molecule has 4 rings (SSSR count). The Bertz CT molecular complexity index is 1070. The summed E-state index contributed by atoms with van der Waals surface area (Å²) in [6, 6.07) is 7.63. The first-order chi connectivity index (χ1) is 14.4. The second-order valence-electron chi connectivity index (χ2n) is 8.02. The van der Waals surface area contributed by atoms with Gasteiger partial charge >= 0.3 is 0 Å². The molecule has 4 N–H and O–H groups in total. The minimum absolute atomic E-state index is 0.0850. The van der Waals surface area contributed by atoms with Gasteiger partial charge in [0.15, 0.2) is 0 Å². The number of hydrogen-bond acceptors (Lipinski definition) is 2. The molecular weight excluding hydrogens is 391 g/mol. The van der Waals surface area contributed by atoms with Gasteiger partial charge in [0.2, 0.25) is 5.91 Å². The highest BCUT2D eigenvalue weighted by Gasteiger charge is 2.35. The molecule has 3 aromatic rings. The lowest BCUT2D eigenvalue weighted by Gasteiger charge is -2.36. The van der Waals surface area contributed by atoms with Crippen molar-refractivity contribution in [2.24, 2.45) is 11.7 Å².